The number of nitrogens with zero attached hydrogens (tertiary/aromatic N) is 2. The van der Waals surface area contributed by atoms with E-state index < -0.39 is 11.9 Å². The highest BCUT2D eigenvalue weighted by molar-refractivity contribution is 6.30. The number of benzene rings is 2. The maximum absolute atomic E-state index is 13.3. The van der Waals surface area contributed by atoms with Gasteiger partial charge in [-0.1, -0.05) is 48.0 Å². The lowest BCUT2D eigenvalue weighted by Crippen LogP contribution is -2.11. The van der Waals surface area contributed by atoms with Crippen molar-refractivity contribution < 1.29 is 18.0 Å². The van der Waals surface area contributed by atoms with Crippen molar-refractivity contribution in [3.05, 3.63) is 82.1 Å². The Hall–Kier alpha value is -2.73. The molecule has 0 atom stereocenters. The van der Waals surface area contributed by atoms with Crippen LogP contribution in [0, 0.1) is 0 Å². The summed E-state index contributed by atoms with van der Waals surface area (Å²) in [4.78, 5) is 19.2. The molecule has 28 heavy (non-hydrogen) atoms. The lowest BCUT2D eigenvalue weighted by Gasteiger charge is -2.11. The van der Waals surface area contributed by atoms with Crippen molar-refractivity contribution in [1.82, 2.24) is 9.97 Å². The lowest BCUT2D eigenvalue weighted by molar-refractivity contribution is -0.141. The number of carbonyl (C=O) groups is 1. The van der Waals surface area contributed by atoms with Crippen LogP contribution in [0.25, 0.3) is 11.4 Å². The molecular formula is C21H16ClF3N2O. The summed E-state index contributed by atoms with van der Waals surface area (Å²) < 4.78 is 39.9. The first kappa shape index (κ1) is 20.0. The fraction of sp³-hybridized carbons (Fsp3) is 0.190. The van der Waals surface area contributed by atoms with Crippen LogP contribution in [0.1, 0.15) is 29.4 Å². The second-order valence-electron chi connectivity index (χ2n) is 6.45. The molecule has 0 fully saturated rings. The van der Waals surface area contributed by atoms with E-state index in [4.69, 9.17) is 11.6 Å². The quantitative estimate of drug-likeness (QED) is 0.561. The molecule has 0 saturated heterocycles. The minimum atomic E-state index is -4.59. The first-order chi connectivity index (χ1) is 13.2. The zero-order chi connectivity index (χ0) is 20.3. The van der Waals surface area contributed by atoms with Crippen LogP contribution in [0.2, 0.25) is 5.02 Å². The van der Waals surface area contributed by atoms with Crippen molar-refractivity contribution in [2.75, 3.05) is 0 Å². The Morgan fingerprint density at radius 3 is 2.29 bits per heavy atom. The van der Waals surface area contributed by atoms with E-state index in [1.165, 1.54) is 13.0 Å². The van der Waals surface area contributed by atoms with Crippen LogP contribution in [0.15, 0.2) is 54.6 Å². The SMILES string of the molecule is CC(=O)Cc1ccc(Cc2cc(C(F)(F)F)nc(-c3cccc(Cl)c3)n2)cc1. The van der Waals surface area contributed by atoms with Crippen LogP contribution in [-0.4, -0.2) is 15.8 Å². The minimum absolute atomic E-state index is 0.0273. The van der Waals surface area contributed by atoms with Gasteiger partial charge >= 0.3 is 6.18 Å². The fourth-order valence-electron chi connectivity index (χ4n) is 2.76. The van der Waals surface area contributed by atoms with Crippen LogP contribution in [-0.2, 0) is 23.8 Å². The van der Waals surface area contributed by atoms with Gasteiger partial charge in [0.25, 0.3) is 0 Å². The van der Waals surface area contributed by atoms with Crippen molar-refractivity contribution in [2.45, 2.75) is 25.9 Å². The van der Waals surface area contributed by atoms with Gasteiger partial charge in [-0.2, -0.15) is 13.2 Å². The second kappa shape index (κ2) is 8.10. The highest BCUT2D eigenvalue weighted by Gasteiger charge is 2.33. The topological polar surface area (TPSA) is 42.9 Å². The Kier molecular flexibility index (Phi) is 5.79. The Balaban J connectivity index is 1.96. The molecule has 0 spiro atoms. The van der Waals surface area contributed by atoms with Crippen molar-refractivity contribution in [3.8, 4) is 11.4 Å². The molecule has 0 N–H and O–H groups in total. The molecule has 0 saturated carbocycles. The molecule has 3 nitrogen and oxygen atoms in total. The van der Waals surface area contributed by atoms with Gasteiger partial charge in [0.2, 0.25) is 0 Å². The van der Waals surface area contributed by atoms with E-state index in [-0.39, 0.29) is 23.7 Å². The van der Waals surface area contributed by atoms with Crippen molar-refractivity contribution in [3.63, 3.8) is 0 Å². The van der Waals surface area contributed by atoms with E-state index in [9.17, 15) is 18.0 Å². The van der Waals surface area contributed by atoms with Crippen molar-refractivity contribution in [1.29, 1.82) is 0 Å². The fourth-order valence-corrected chi connectivity index (χ4v) is 2.95. The standard InChI is InChI=1S/C21H16ClF3N2O/c1-13(28)9-14-5-7-15(8-6-14)10-18-12-19(21(23,24)25)27-20(26-18)16-3-2-4-17(22)11-16/h2-8,11-12H,9-10H2,1H3. The number of Topliss-reactive ketones (excluding diaryl/α,β-unsaturated/α-hetero) is 1. The van der Waals surface area contributed by atoms with E-state index >= 15 is 0 Å². The third-order valence-corrected chi connectivity index (χ3v) is 4.25. The van der Waals surface area contributed by atoms with Crippen LogP contribution >= 0.6 is 11.6 Å². The predicted molar refractivity (Wildman–Crippen MR) is 101 cm³/mol. The first-order valence-electron chi connectivity index (χ1n) is 8.49. The van der Waals surface area contributed by atoms with Gasteiger partial charge in [0, 0.05) is 29.1 Å². The van der Waals surface area contributed by atoms with Crippen LogP contribution in [0.3, 0.4) is 0 Å². The summed E-state index contributed by atoms with van der Waals surface area (Å²) in [7, 11) is 0. The average Bonchev–Trinajstić information content (AvgIpc) is 2.62. The summed E-state index contributed by atoms with van der Waals surface area (Å²) >= 11 is 5.94. The maximum atomic E-state index is 13.3. The smallest absolute Gasteiger partial charge is 0.300 e. The number of alkyl halides is 3. The predicted octanol–water partition coefficient (Wildman–Crippen LogP) is 5.54. The number of ketones is 1. The van der Waals surface area contributed by atoms with Gasteiger partial charge < -0.3 is 0 Å². The maximum Gasteiger partial charge on any atom is 0.433 e. The highest BCUT2D eigenvalue weighted by Crippen LogP contribution is 2.30. The molecule has 3 rings (SSSR count). The summed E-state index contributed by atoms with van der Waals surface area (Å²) in [6.07, 6.45) is -4.05. The van der Waals surface area contributed by atoms with Crippen LogP contribution in [0.4, 0.5) is 13.2 Å². The summed E-state index contributed by atoms with van der Waals surface area (Å²) in [6, 6.07) is 14.5. The molecule has 1 aromatic heterocycles. The molecule has 0 aliphatic carbocycles. The Bertz CT molecular complexity index is 1000. The molecule has 0 radical (unpaired) electrons. The summed E-state index contributed by atoms with van der Waals surface area (Å²) in [5.74, 6) is 0.0186. The van der Waals surface area contributed by atoms with Gasteiger partial charge in [0.1, 0.15) is 11.5 Å². The van der Waals surface area contributed by atoms with E-state index in [0.29, 0.717) is 17.0 Å². The highest BCUT2D eigenvalue weighted by atomic mass is 35.5. The first-order valence-corrected chi connectivity index (χ1v) is 8.87. The summed E-state index contributed by atoms with van der Waals surface area (Å²) in [5.41, 5.74) is 1.31. The van der Waals surface area contributed by atoms with E-state index in [0.717, 1.165) is 17.2 Å². The van der Waals surface area contributed by atoms with Crippen LogP contribution < -0.4 is 0 Å². The molecule has 0 unspecified atom stereocenters. The van der Waals surface area contributed by atoms with Gasteiger partial charge in [0.15, 0.2) is 5.82 Å². The Morgan fingerprint density at radius 1 is 1.00 bits per heavy atom. The molecule has 3 aromatic rings. The van der Waals surface area contributed by atoms with Crippen LogP contribution in [0.5, 0.6) is 0 Å². The number of hydrogen-bond acceptors (Lipinski definition) is 3. The number of hydrogen-bond donors (Lipinski definition) is 0. The van der Waals surface area contributed by atoms with E-state index in [1.807, 2.05) is 0 Å². The second-order valence-corrected chi connectivity index (χ2v) is 6.88. The zero-order valence-electron chi connectivity index (χ0n) is 14.9. The number of rotatable bonds is 5. The molecule has 0 aliphatic rings. The Labute approximate surface area is 165 Å². The number of carbonyl (C=O) groups excluding carboxylic acids is 1. The van der Waals surface area contributed by atoms with Gasteiger partial charge in [0.05, 0.1) is 0 Å². The number of halogens is 4. The molecule has 2 aromatic carbocycles. The molecule has 0 amide bonds. The third kappa shape index (κ3) is 5.16. The van der Waals surface area contributed by atoms with E-state index in [1.54, 1.807) is 42.5 Å². The molecule has 144 valence electrons. The Morgan fingerprint density at radius 2 is 1.68 bits per heavy atom. The van der Waals surface area contributed by atoms with Gasteiger partial charge in [-0.25, -0.2) is 9.97 Å². The summed E-state index contributed by atoms with van der Waals surface area (Å²) in [5, 5.41) is 0.390. The van der Waals surface area contributed by atoms with Crippen molar-refractivity contribution in [2.24, 2.45) is 0 Å². The van der Waals surface area contributed by atoms with E-state index in [2.05, 4.69) is 9.97 Å². The molecule has 7 heteroatoms. The van der Waals surface area contributed by atoms with Gasteiger partial charge in [-0.15, -0.1) is 0 Å². The largest absolute Gasteiger partial charge is 0.433 e. The zero-order valence-corrected chi connectivity index (χ0v) is 15.7. The molecule has 0 bridgehead atoms. The third-order valence-electron chi connectivity index (χ3n) is 4.01. The van der Waals surface area contributed by atoms with Gasteiger partial charge in [-0.05, 0) is 36.2 Å². The molecule has 0 aliphatic heterocycles. The minimum Gasteiger partial charge on any atom is -0.300 e. The normalized spacial score (nSPS) is 11.5. The number of aromatic nitrogens is 2. The average molecular weight is 405 g/mol. The lowest BCUT2D eigenvalue weighted by atomic mass is 10.0. The van der Waals surface area contributed by atoms with Crippen molar-refractivity contribution >= 4 is 17.4 Å². The molecular weight excluding hydrogens is 389 g/mol. The summed E-state index contributed by atoms with van der Waals surface area (Å²) in [6.45, 7) is 1.50. The molecule has 1 heterocycles. The van der Waals surface area contributed by atoms with Gasteiger partial charge in [-0.3, -0.25) is 4.79 Å². The monoisotopic (exact) mass is 404 g/mol.